The fourth-order valence-corrected chi connectivity index (χ4v) is 8.17. The molecule has 172 valence electrons. The van der Waals surface area contributed by atoms with Gasteiger partial charge in [-0.15, -0.1) is 0 Å². The van der Waals surface area contributed by atoms with Crippen LogP contribution in [0.25, 0.3) is 0 Å². The SMILES string of the molecule is C/C(=N/OCCCN)[C@@]1(O)CC[C@@]2(O)[C@@H]3CCC4CC(O)CC[C@]4(C)[C@H]3CC[C@@]21C. The second-order valence-electron chi connectivity index (χ2n) is 11.2. The van der Waals surface area contributed by atoms with E-state index in [0.717, 1.165) is 51.4 Å². The van der Waals surface area contributed by atoms with Gasteiger partial charge in [-0.2, -0.15) is 0 Å². The first-order valence-electron chi connectivity index (χ1n) is 12.1. The summed E-state index contributed by atoms with van der Waals surface area (Å²) in [6, 6.07) is 0. The van der Waals surface area contributed by atoms with E-state index in [2.05, 4.69) is 19.0 Å². The third kappa shape index (κ3) is 3.01. The van der Waals surface area contributed by atoms with Crippen molar-refractivity contribution in [3.05, 3.63) is 0 Å². The van der Waals surface area contributed by atoms with Gasteiger partial charge in [0.25, 0.3) is 0 Å². The second kappa shape index (κ2) is 7.72. The summed E-state index contributed by atoms with van der Waals surface area (Å²) in [4.78, 5) is 5.42. The zero-order chi connectivity index (χ0) is 21.8. The van der Waals surface area contributed by atoms with Gasteiger partial charge in [-0.1, -0.05) is 19.0 Å². The third-order valence-electron chi connectivity index (χ3n) is 10.2. The van der Waals surface area contributed by atoms with Crippen molar-refractivity contribution in [2.75, 3.05) is 13.2 Å². The summed E-state index contributed by atoms with van der Waals surface area (Å²) in [5, 5.41) is 38.5. The lowest BCUT2D eigenvalue weighted by molar-refractivity contribution is -0.224. The quantitative estimate of drug-likeness (QED) is 0.309. The smallest absolute Gasteiger partial charge is 0.118 e. The molecule has 0 aliphatic heterocycles. The maximum Gasteiger partial charge on any atom is 0.118 e. The lowest BCUT2D eigenvalue weighted by atomic mass is 9.43. The number of aliphatic hydroxyl groups excluding tert-OH is 1. The van der Waals surface area contributed by atoms with Gasteiger partial charge in [-0.3, -0.25) is 0 Å². The highest BCUT2D eigenvalue weighted by molar-refractivity contribution is 5.91. The Labute approximate surface area is 181 Å². The van der Waals surface area contributed by atoms with Crippen LogP contribution in [0.3, 0.4) is 0 Å². The lowest BCUT2D eigenvalue weighted by Gasteiger charge is -2.64. The van der Waals surface area contributed by atoms with Crippen molar-refractivity contribution in [3.8, 4) is 0 Å². The summed E-state index contributed by atoms with van der Waals surface area (Å²) >= 11 is 0. The molecule has 4 aliphatic rings. The van der Waals surface area contributed by atoms with Crippen LogP contribution in [0.4, 0.5) is 0 Å². The first-order chi connectivity index (χ1) is 14.1. The molecule has 0 aromatic heterocycles. The molecule has 4 saturated carbocycles. The average Bonchev–Trinajstić information content (AvgIpc) is 2.94. The molecule has 5 N–H and O–H groups in total. The van der Waals surface area contributed by atoms with Crippen LogP contribution in [0.2, 0.25) is 0 Å². The van der Waals surface area contributed by atoms with Crippen LogP contribution in [0.15, 0.2) is 5.16 Å². The summed E-state index contributed by atoms with van der Waals surface area (Å²) in [6.45, 7) is 7.32. The molecule has 4 rings (SSSR count). The summed E-state index contributed by atoms with van der Waals surface area (Å²) in [5.74, 6) is 1.21. The van der Waals surface area contributed by atoms with E-state index >= 15 is 0 Å². The minimum atomic E-state index is -1.14. The van der Waals surface area contributed by atoms with Crippen molar-refractivity contribution in [1.29, 1.82) is 0 Å². The minimum Gasteiger partial charge on any atom is -0.396 e. The molecule has 4 fully saturated rings. The van der Waals surface area contributed by atoms with Gasteiger partial charge >= 0.3 is 0 Å². The number of nitrogens with zero attached hydrogens (tertiary/aromatic N) is 1. The maximum absolute atomic E-state index is 12.2. The normalized spacial score (nSPS) is 51.1. The summed E-state index contributed by atoms with van der Waals surface area (Å²) in [7, 11) is 0. The van der Waals surface area contributed by atoms with Crippen LogP contribution < -0.4 is 5.73 Å². The molecule has 0 spiro atoms. The molecular formula is C24H42N2O4. The van der Waals surface area contributed by atoms with Gasteiger partial charge in [0.2, 0.25) is 0 Å². The number of fused-ring (bicyclic) bond motifs is 5. The molecule has 6 heteroatoms. The Kier molecular flexibility index (Phi) is 5.79. The van der Waals surface area contributed by atoms with Gasteiger partial charge in [0.15, 0.2) is 0 Å². The molecule has 2 unspecified atom stereocenters. The van der Waals surface area contributed by atoms with Gasteiger partial charge < -0.3 is 25.9 Å². The monoisotopic (exact) mass is 422 g/mol. The highest BCUT2D eigenvalue weighted by Gasteiger charge is 2.72. The highest BCUT2D eigenvalue weighted by atomic mass is 16.6. The van der Waals surface area contributed by atoms with Gasteiger partial charge in [-0.25, -0.2) is 0 Å². The summed E-state index contributed by atoms with van der Waals surface area (Å²) in [6.07, 6.45) is 8.42. The zero-order valence-corrected chi connectivity index (χ0v) is 19.1. The number of aliphatic hydroxyl groups is 3. The number of nitrogens with two attached hydrogens (primary N) is 1. The maximum atomic E-state index is 12.2. The highest BCUT2D eigenvalue weighted by Crippen LogP contribution is 2.70. The van der Waals surface area contributed by atoms with Crippen molar-refractivity contribution in [3.63, 3.8) is 0 Å². The number of oxime groups is 1. The Morgan fingerprint density at radius 3 is 2.53 bits per heavy atom. The van der Waals surface area contributed by atoms with E-state index in [-0.39, 0.29) is 17.4 Å². The number of hydrogen-bond donors (Lipinski definition) is 4. The Balaban J connectivity index is 1.60. The minimum absolute atomic E-state index is 0.161. The summed E-state index contributed by atoms with van der Waals surface area (Å²) in [5.41, 5.74) is 3.64. The molecule has 30 heavy (non-hydrogen) atoms. The van der Waals surface area contributed by atoms with Gasteiger partial charge in [-0.05, 0) is 101 Å². The Hall–Kier alpha value is -0.690. The van der Waals surface area contributed by atoms with Crippen LogP contribution >= 0.6 is 0 Å². The molecule has 0 bridgehead atoms. The van der Waals surface area contributed by atoms with Crippen LogP contribution in [0, 0.1) is 28.6 Å². The topological polar surface area (TPSA) is 108 Å². The molecule has 6 nitrogen and oxygen atoms in total. The Bertz CT molecular complexity index is 686. The van der Waals surface area contributed by atoms with E-state index in [1.54, 1.807) is 0 Å². The molecule has 0 heterocycles. The zero-order valence-electron chi connectivity index (χ0n) is 19.1. The van der Waals surface area contributed by atoms with Crippen LogP contribution in [0.5, 0.6) is 0 Å². The first kappa shape index (κ1) is 22.5. The largest absolute Gasteiger partial charge is 0.396 e. The fourth-order valence-electron chi connectivity index (χ4n) is 8.17. The average molecular weight is 423 g/mol. The van der Waals surface area contributed by atoms with Crippen LogP contribution in [-0.2, 0) is 4.84 Å². The summed E-state index contributed by atoms with van der Waals surface area (Å²) < 4.78 is 0. The molecular weight excluding hydrogens is 380 g/mol. The predicted octanol–water partition coefficient (Wildman–Crippen LogP) is 2.98. The predicted molar refractivity (Wildman–Crippen MR) is 117 cm³/mol. The molecule has 0 radical (unpaired) electrons. The molecule has 4 aliphatic carbocycles. The van der Waals surface area contributed by atoms with Crippen molar-refractivity contribution < 1.29 is 20.2 Å². The molecule has 0 aromatic rings. The van der Waals surface area contributed by atoms with Crippen LogP contribution in [-0.4, -0.2) is 51.5 Å². The lowest BCUT2D eigenvalue weighted by Crippen LogP contribution is -2.66. The first-order valence-corrected chi connectivity index (χ1v) is 12.1. The van der Waals surface area contributed by atoms with E-state index in [1.165, 1.54) is 0 Å². The van der Waals surface area contributed by atoms with Crippen molar-refractivity contribution >= 4 is 5.71 Å². The van der Waals surface area contributed by atoms with Gasteiger partial charge in [0.05, 0.1) is 17.4 Å². The van der Waals surface area contributed by atoms with Gasteiger partial charge in [0, 0.05) is 5.41 Å². The van der Waals surface area contributed by atoms with E-state index in [4.69, 9.17) is 10.6 Å². The van der Waals surface area contributed by atoms with E-state index in [9.17, 15) is 15.3 Å². The molecule has 0 aromatic carbocycles. The van der Waals surface area contributed by atoms with Crippen molar-refractivity contribution in [1.82, 2.24) is 0 Å². The van der Waals surface area contributed by atoms with Gasteiger partial charge in [0.1, 0.15) is 12.2 Å². The Morgan fingerprint density at radius 1 is 1.03 bits per heavy atom. The number of hydrogen-bond acceptors (Lipinski definition) is 6. The van der Waals surface area contributed by atoms with E-state index < -0.39 is 16.6 Å². The fraction of sp³-hybridized carbons (Fsp3) is 0.958. The van der Waals surface area contributed by atoms with E-state index in [1.807, 2.05) is 6.92 Å². The number of rotatable bonds is 5. The molecule has 0 amide bonds. The Morgan fingerprint density at radius 2 is 1.80 bits per heavy atom. The second-order valence-corrected chi connectivity index (χ2v) is 11.2. The van der Waals surface area contributed by atoms with Crippen molar-refractivity contribution in [2.24, 2.45) is 39.5 Å². The van der Waals surface area contributed by atoms with E-state index in [0.29, 0.717) is 43.5 Å². The molecule has 8 atom stereocenters. The standard InChI is InChI=1S/C24H42N2O4/c1-16(26-30-14-4-13-25)23(28)11-12-24(29)20-6-5-17-15-18(27)7-9-21(17,2)19(20)8-10-22(23,24)3/h17-20,27-29H,4-15,25H2,1-3H3/b26-16-/t17?,18?,19-,20+,21-,22+,23-,24+/m0/s1. The van der Waals surface area contributed by atoms with Crippen LogP contribution in [0.1, 0.15) is 85.0 Å². The van der Waals surface area contributed by atoms with Crippen molar-refractivity contribution in [2.45, 2.75) is 102 Å². The third-order valence-corrected chi connectivity index (χ3v) is 10.2. The molecule has 0 saturated heterocycles.